The molecule has 2 heterocycles. The van der Waals surface area contributed by atoms with Crippen LogP contribution in [0.25, 0.3) is 10.9 Å². The Kier molecular flexibility index (Phi) is 10.8. The molecule has 45 heavy (non-hydrogen) atoms. The highest BCUT2D eigenvalue weighted by Crippen LogP contribution is 2.41. The van der Waals surface area contributed by atoms with E-state index in [1.807, 2.05) is 62.6 Å². The molecule has 0 unspecified atom stereocenters. The van der Waals surface area contributed by atoms with Crippen LogP contribution in [-0.2, 0) is 22.6 Å². The molecule has 0 radical (unpaired) electrons. The molecule has 0 saturated carbocycles. The number of para-hydroxylation sites is 1. The number of rotatable bonds is 15. The fraction of sp³-hybridized carbons (Fsp3) is 0.278. The van der Waals surface area contributed by atoms with Crippen molar-refractivity contribution >= 4 is 16.8 Å². The summed E-state index contributed by atoms with van der Waals surface area (Å²) in [5.74, 6) is 0.991. The summed E-state index contributed by atoms with van der Waals surface area (Å²) < 4.78 is 23.7. The maximum atomic E-state index is 14.4. The third-order valence-corrected chi connectivity index (χ3v) is 7.60. The van der Waals surface area contributed by atoms with Crippen LogP contribution in [0.3, 0.4) is 0 Å². The van der Waals surface area contributed by atoms with E-state index in [1.54, 1.807) is 26.6 Å². The van der Waals surface area contributed by atoms with Gasteiger partial charge in [-0.05, 0) is 73.3 Å². The topological polar surface area (TPSA) is 87.1 Å². The normalized spacial score (nSPS) is 11.3. The Hall–Kier alpha value is -4.70. The van der Waals surface area contributed by atoms with Gasteiger partial charge < -0.3 is 33.7 Å². The third-order valence-electron chi connectivity index (χ3n) is 7.60. The Labute approximate surface area is 264 Å². The van der Waals surface area contributed by atoms with Gasteiger partial charge in [-0.2, -0.15) is 0 Å². The minimum atomic E-state index is -0.273. The van der Waals surface area contributed by atoms with Gasteiger partial charge >= 0.3 is 0 Å². The second-order valence-electron chi connectivity index (χ2n) is 10.9. The van der Waals surface area contributed by atoms with E-state index in [0.29, 0.717) is 30.3 Å². The molecule has 5 aromatic rings. The van der Waals surface area contributed by atoms with Crippen molar-refractivity contribution in [3.8, 4) is 11.5 Å². The Balaban J connectivity index is 1.68. The van der Waals surface area contributed by atoms with Gasteiger partial charge in [0.2, 0.25) is 0 Å². The van der Waals surface area contributed by atoms with E-state index in [-0.39, 0.29) is 25.4 Å². The monoisotopic (exact) mass is 608 g/mol. The van der Waals surface area contributed by atoms with Crippen LogP contribution in [0.2, 0.25) is 0 Å². The van der Waals surface area contributed by atoms with E-state index in [9.17, 15) is 4.79 Å². The fourth-order valence-corrected chi connectivity index (χ4v) is 5.46. The number of methoxy groups -OCH3 is 2. The van der Waals surface area contributed by atoms with Crippen molar-refractivity contribution in [2.24, 2.45) is 0 Å². The van der Waals surface area contributed by atoms with Crippen LogP contribution in [-0.4, -0.2) is 68.8 Å². The molecular weight excluding hydrogens is 568 g/mol. The van der Waals surface area contributed by atoms with Gasteiger partial charge in [-0.3, -0.25) is 9.78 Å². The second kappa shape index (κ2) is 15.3. The van der Waals surface area contributed by atoms with E-state index < -0.39 is 0 Å². The van der Waals surface area contributed by atoms with Crippen LogP contribution in [0.4, 0.5) is 0 Å². The molecule has 0 spiro atoms. The van der Waals surface area contributed by atoms with Crippen LogP contribution in [0, 0.1) is 0 Å². The van der Waals surface area contributed by atoms with Gasteiger partial charge in [0, 0.05) is 68.6 Å². The molecule has 0 aliphatic carbocycles. The molecule has 2 aromatic heterocycles. The van der Waals surface area contributed by atoms with Gasteiger partial charge in [-0.15, -0.1) is 0 Å². The average Bonchev–Trinajstić information content (AvgIpc) is 3.40. The highest BCUT2D eigenvalue weighted by atomic mass is 16.7. The lowest BCUT2D eigenvalue weighted by atomic mass is 9.83. The molecule has 234 valence electrons. The first kappa shape index (κ1) is 31.7. The Morgan fingerprint density at radius 3 is 1.96 bits per heavy atom. The van der Waals surface area contributed by atoms with E-state index >= 15 is 0 Å². The second-order valence-corrected chi connectivity index (χ2v) is 10.9. The minimum absolute atomic E-state index is 0.137. The van der Waals surface area contributed by atoms with Crippen LogP contribution in [0.5, 0.6) is 11.5 Å². The number of ether oxygens (including phenoxy) is 4. The molecule has 0 fully saturated rings. The number of likely N-dealkylation sites (N-methyl/N-ethyl adjacent to an activating group) is 1. The van der Waals surface area contributed by atoms with Gasteiger partial charge in [0.25, 0.3) is 5.91 Å². The van der Waals surface area contributed by atoms with Crippen LogP contribution in [0.1, 0.15) is 38.7 Å². The smallest absolute Gasteiger partial charge is 0.268 e. The summed E-state index contributed by atoms with van der Waals surface area (Å²) in [6, 6.07) is 28.0. The molecule has 1 amide bonds. The molecule has 9 heteroatoms. The van der Waals surface area contributed by atoms with Crippen molar-refractivity contribution in [2.45, 2.75) is 19.0 Å². The molecule has 1 N–H and O–H groups in total. The maximum Gasteiger partial charge on any atom is 0.268 e. The van der Waals surface area contributed by atoms with Crippen molar-refractivity contribution in [2.75, 3.05) is 48.4 Å². The zero-order valence-electron chi connectivity index (χ0n) is 26.2. The number of pyridine rings is 1. The predicted molar refractivity (Wildman–Crippen MR) is 175 cm³/mol. The summed E-state index contributed by atoms with van der Waals surface area (Å²) >= 11 is 0. The molecule has 0 atom stereocenters. The lowest BCUT2D eigenvalue weighted by Crippen LogP contribution is -2.29. The number of amides is 1. The first-order valence-electron chi connectivity index (χ1n) is 14.9. The summed E-state index contributed by atoms with van der Waals surface area (Å²) in [6.45, 7) is 2.12. The average molecular weight is 609 g/mol. The zero-order chi connectivity index (χ0) is 31.6. The predicted octanol–water partition coefficient (Wildman–Crippen LogP) is 5.67. The largest absolute Gasteiger partial charge is 0.468 e. The van der Waals surface area contributed by atoms with Gasteiger partial charge in [-0.25, -0.2) is 0 Å². The van der Waals surface area contributed by atoms with Crippen LogP contribution >= 0.6 is 0 Å². The summed E-state index contributed by atoms with van der Waals surface area (Å²) in [7, 11) is 7.27. The van der Waals surface area contributed by atoms with Crippen molar-refractivity contribution in [1.29, 1.82) is 0 Å². The number of hydrogen-bond acceptors (Lipinski definition) is 7. The van der Waals surface area contributed by atoms with Crippen molar-refractivity contribution < 1.29 is 23.7 Å². The first-order chi connectivity index (χ1) is 22.0. The first-order valence-corrected chi connectivity index (χ1v) is 14.9. The zero-order valence-corrected chi connectivity index (χ0v) is 26.2. The highest BCUT2D eigenvalue weighted by molar-refractivity contribution is 6.02. The van der Waals surface area contributed by atoms with Crippen LogP contribution in [0.15, 0.2) is 97.3 Å². The lowest BCUT2D eigenvalue weighted by molar-refractivity contribution is 0.0509. The van der Waals surface area contributed by atoms with E-state index in [1.165, 1.54) is 0 Å². The van der Waals surface area contributed by atoms with E-state index in [0.717, 1.165) is 39.7 Å². The minimum Gasteiger partial charge on any atom is -0.468 e. The molecule has 0 saturated heterocycles. The van der Waals surface area contributed by atoms with Gasteiger partial charge in [0.1, 0.15) is 17.2 Å². The molecule has 9 nitrogen and oxygen atoms in total. The fourth-order valence-electron chi connectivity index (χ4n) is 5.46. The number of carbonyl (C=O) groups excluding carboxylic acids is 1. The van der Waals surface area contributed by atoms with Crippen molar-refractivity contribution in [3.05, 3.63) is 125 Å². The number of nitrogens with one attached hydrogen (secondary N) is 1. The molecule has 0 bridgehead atoms. The van der Waals surface area contributed by atoms with Gasteiger partial charge in [-0.1, -0.05) is 42.5 Å². The third kappa shape index (κ3) is 7.69. The molecule has 5 rings (SSSR count). The summed E-state index contributed by atoms with van der Waals surface area (Å²) in [6.07, 6.45) is 3.47. The summed E-state index contributed by atoms with van der Waals surface area (Å²) in [5.41, 5.74) is 5.59. The summed E-state index contributed by atoms with van der Waals surface area (Å²) in [5, 5.41) is 4.22. The maximum absolute atomic E-state index is 14.4. The SMILES string of the molecule is COCOc1ccc(C(c2ccc(OCOC)cc2)c2c(C(=O)NCc3ccncc3)n(CCN(C)C)c3ccccc23)cc1. The number of benzene rings is 3. The molecule has 0 aliphatic rings. The quantitative estimate of drug-likeness (QED) is 0.153. The number of hydrogen-bond donors (Lipinski definition) is 1. The number of carbonyl (C=O) groups is 1. The number of aromatic nitrogens is 2. The Morgan fingerprint density at radius 2 is 1.40 bits per heavy atom. The van der Waals surface area contributed by atoms with E-state index in [4.69, 9.17) is 18.9 Å². The highest BCUT2D eigenvalue weighted by Gasteiger charge is 2.30. The van der Waals surface area contributed by atoms with E-state index in [2.05, 4.69) is 56.2 Å². The molecule has 3 aromatic carbocycles. The summed E-state index contributed by atoms with van der Waals surface area (Å²) in [4.78, 5) is 20.6. The van der Waals surface area contributed by atoms with Crippen molar-refractivity contribution in [3.63, 3.8) is 0 Å². The Morgan fingerprint density at radius 1 is 0.822 bits per heavy atom. The molecule has 0 aliphatic heterocycles. The number of nitrogens with zero attached hydrogens (tertiary/aromatic N) is 3. The lowest BCUT2D eigenvalue weighted by Gasteiger charge is -2.22. The van der Waals surface area contributed by atoms with Gasteiger partial charge in [0.05, 0.1) is 0 Å². The van der Waals surface area contributed by atoms with Crippen molar-refractivity contribution in [1.82, 2.24) is 19.8 Å². The van der Waals surface area contributed by atoms with Gasteiger partial charge in [0.15, 0.2) is 13.6 Å². The number of fused-ring (bicyclic) bond motifs is 1. The van der Waals surface area contributed by atoms with Crippen LogP contribution < -0.4 is 14.8 Å². The Bertz CT molecular complexity index is 1620. The molecular formula is C36H40N4O5. The standard InChI is InChI=1S/C36H40N4O5/c1-39(2)21-22-40-32-8-6-5-7-31(32)34(35(40)36(41)38-23-26-17-19-37-20-18-26)33(27-9-13-29(14-10-27)44-24-42-3)28-11-15-30(16-12-28)45-25-43-4/h5-20,33H,21-25H2,1-4H3,(H,38,41).